The Morgan fingerprint density at radius 1 is 1.53 bits per heavy atom. The highest BCUT2D eigenvalue weighted by atomic mass is 79.9. The molecule has 0 aliphatic carbocycles. The number of carbonyl (C=O) groups is 1. The van der Waals surface area contributed by atoms with Crippen molar-refractivity contribution in [2.75, 3.05) is 5.32 Å². The van der Waals surface area contributed by atoms with Crippen molar-refractivity contribution in [3.05, 3.63) is 22.7 Å². The van der Waals surface area contributed by atoms with Gasteiger partial charge in [-0.25, -0.2) is 0 Å². The summed E-state index contributed by atoms with van der Waals surface area (Å²) < 4.78 is 0.535. The predicted molar refractivity (Wildman–Crippen MR) is 71.9 cm³/mol. The zero-order valence-electron chi connectivity index (χ0n) is 9.90. The number of halogens is 1. The Balaban J connectivity index is 2.71. The summed E-state index contributed by atoms with van der Waals surface area (Å²) in [4.78, 5) is 11.7. The highest BCUT2D eigenvalue weighted by Gasteiger charge is 2.16. The van der Waals surface area contributed by atoms with Gasteiger partial charge in [0.15, 0.2) is 5.75 Å². The van der Waals surface area contributed by atoms with Crippen molar-refractivity contribution in [2.45, 2.75) is 26.3 Å². The molecular formula is C12H17BrN2O2. The molecule has 0 heterocycles. The zero-order valence-corrected chi connectivity index (χ0v) is 11.5. The summed E-state index contributed by atoms with van der Waals surface area (Å²) in [6.45, 7) is 4.01. The monoisotopic (exact) mass is 300 g/mol. The van der Waals surface area contributed by atoms with Gasteiger partial charge >= 0.3 is 0 Å². The third-order valence-electron chi connectivity index (χ3n) is 2.31. The first-order valence-electron chi connectivity index (χ1n) is 5.45. The molecule has 1 rings (SSSR count). The molecule has 0 spiro atoms. The number of phenolic OH excluding ortho intramolecular Hbond substituents is 1. The molecule has 0 fully saturated rings. The third-order valence-corrected chi connectivity index (χ3v) is 2.95. The lowest BCUT2D eigenvalue weighted by atomic mass is 10.0. The van der Waals surface area contributed by atoms with Crippen molar-refractivity contribution in [1.29, 1.82) is 0 Å². The van der Waals surface area contributed by atoms with Gasteiger partial charge in [0, 0.05) is 0 Å². The Bertz CT molecular complexity index is 407. The van der Waals surface area contributed by atoms with Crippen LogP contribution in [0.1, 0.15) is 20.3 Å². The van der Waals surface area contributed by atoms with E-state index < -0.39 is 6.04 Å². The van der Waals surface area contributed by atoms with Gasteiger partial charge in [-0.3, -0.25) is 4.79 Å². The quantitative estimate of drug-likeness (QED) is 0.748. The maximum atomic E-state index is 11.7. The number of anilines is 1. The summed E-state index contributed by atoms with van der Waals surface area (Å²) in [5, 5.41) is 12.3. The highest BCUT2D eigenvalue weighted by molar-refractivity contribution is 9.10. The standard InChI is InChI=1S/C12H17BrN2O2/c1-7(2)6-9(14)12(17)15-10-5-3-4-8(13)11(10)16/h3-5,7,9,16H,6,14H2,1-2H3,(H,15,17)/t9-/m1/s1. The Kier molecular flexibility index (Phi) is 4.96. The molecule has 0 bridgehead atoms. The summed E-state index contributed by atoms with van der Waals surface area (Å²) in [7, 11) is 0. The number of nitrogens with one attached hydrogen (secondary N) is 1. The minimum absolute atomic E-state index is 0.0117. The van der Waals surface area contributed by atoms with Crippen molar-refractivity contribution in [3.8, 4) is 5.75 Å². The molecule has 0 aliphatic heterocycles. The van der Waals surface area contributed by atoms with Gasteiger partial charge in [0.2, 0.25) is 5.91 Å². The van der Waals surface area contributed by atoms with Crippen LogP contribution >= 0.6 is 15.9 Å². The van der Waals surface area contributed by atoms with E-state index in [0.29, 0.717) is 22.5 Å². The van der Waals surface area contributed by atoms with Crippen LogP contribution in [0.15, 0.2) is 22.7 Å². The molecular weight excluding hydrogens is 284 g/mol. The maximum Gasteiger partial charge on any atom is 0.241 e. The van der Waals surface area contributed by atoms with Crippen molar-refractivity contribution in [3.63, 3.8) is 0 Å². The van der Waals surface area contributed by atoms with Crippen LogP contribution in [-0.2, 0) is 4.79 Å². The van der Waals surface area contributed by atoms with E-state index >= 15 is 0 Å². The molecule has 0 saturated heterocycles. The number of aromatic hydroxyl groups is 1. The van der Waals surface area contributed by atoms with E-state index in [0.717, 1.165) is 0 Å². The molecule has 4 N–H and O–H groups in total. The number of phenols is 1. The van der Waals surface area contributed by atoms with Crippen molar-refractivity contribution < 1.29 is 9.90 Å². The van der Waals surface area contributed by atoms with Crippen molar-refractivity contribution >= 4 is 27.5 Å². The maximum absolute atomic E-state index is 11.7. The molecule has 1 aromatic carbocycles. The summed E-state index contributed by atoms with van der Waals surface area (Å²) in [6.07, 6.45) is 0.612. The number of hydrogen-bond donors (Lipinski definition) is 3. The van der Waals surface area contributed by atoms with Crippen LogP contribution in [0.2, 0.25) is 0 Å². The van der Waals surface area contributed by atoms with Crippen LogP contribution in [-0.4, -0.2) is 17.1 Å². The smallest absolute Gasteiger partial charge is 0.241 e. The first kappa shape index (κ1) is 14.0. The molecule has 1 amide bonds. The molecule has 0 saturated carbocycles. The number of carbonyl (C=O) groups excluding carboxylic acids is 1. The van der Waals surface area contributed by atoms with Crippen LogP contribution in [0.3, 0.4) is 0 Å². The largest absolute Gasteiger partial charge is 0.505 e. The number of amides is 1. The molecule has 1 atom stereocenters. The molecule has 1 aromatic rings. The Hall–Kier alpha value is -1.07. The van der Waals surface area contributed by atoms with Crippen LogP contribution < -0.4 is 11.1 Å². The second-order valence-corrected chi connectivity index (χ2v) is 5.22. The fourth-order valence-electron chi connectivity index (χ4n) is 1.46. The van der Waals surface area contributed by atoms with Gasteiger partial charge in [-0.15, -0.1) is 0 Å². The van der Waals surface area contributed by atoms with Gasteiger partial charge in [0.1, 0.15) is 0 Å². The van der Waals surface area contributed by atoms with E-state index in [2.05, 4.69) is 21.2 Å². The Labute approximate surface area is 109 Å². The molecule has 0 aliphatic rings. The minimum atomic E-state index is -0.562. The van der Waals surface area contributed by atoms with E-state index in [4.69, 9.17) is 5.73 Å². The summed E-state index contributed by atoms with van der Waals surface area (Å²) in [5.41, 5.74) is 6.11. The third kappa shape index (κ3) is 4.02. The number of nitrogens with two attached hydrogens (primary N) is 1. The Morgan fingerprint density at radius 2 is 2.18 bits per heavy atom. The van der Waals surface area contributed by atoms with Crippen LogP contribution in [0.25, 0.3) is 0 Å². The average molecular weight is 301 g/mol. The second kappa shape index (κ2) is 6.02. The molecule has 0 radical (unpaired) electrons. The van der Waals surface area contributed by atoms with Crippen LogP contribution in [0.5, 0.6) is 5.75 Å². The van der Waals surface area contributed by atoms with Gasteiger partial charge < -0.3 is 16.2 Å². The molecule has 17 heavy (non-hydrogen) atoms. The van der Waals surface area contributed by atoms with Gasteiger partial charge in [0.05, 0.1) is 16.2 Å². The molecule has 5 heteroatoms. The van der Waals surface area contributed by atoms with Crippen LogP contribution in [0.4, 0.5) is 5.69 Å². The van der Waals surface area contributed by atoms with Crippen molar-refractivity contribution in [2.24, 2.45) is 11.7 Å². The predicted octanol–water partition coefficient (Wildman–Crippen LogP) is 2.47. The van der Waals surface area contributed by atoms with E-state index in [9.17, 15) is 9.90 Å². The molecule has 94 valence electrons. The topological polar surface area (TPSA) is 75.4 Å². The lowest BCUT2D eigenvalue weighted by Gasteiger charge is -2.15. The zero-order chi connectivity index (χ0) is 13.0. The number of hydrogen-bond acceptors (Lipinski definition) is 3. The van der Waals surface area contributed by atoms with Gasteiger partial charge in [-0.1, -0.05) is 19.9 Å². The molecule has 0 unspecified atom stereocenters. The van der Waals surface area contributed by atoms with Gasteiger partial charge in [-0.05, 0) is 40.4 Å². The summed E-state index contributed by atoms with van der Waals surface area (Å²) >= 11 is 3.18. The van der Waals surface area contributed by atoms with E-state index in [1.165, 1.54) is 0 Å². The lowest BCUT2D eigenvalue weighted by molar-refractivity contribution is -0.117. The summed E-state index contributed by atoms with van der Waals surface area (Å²) in [5.74, 6) is 0.0801. The molecule has 4 nitrogen and oxygen atoms in total. The first-order valence-corrected chi connectivity index (χ1v) is 6.25. The molecule has 0 aromatic heterocycles. The SMILES string of the molecule is CC(C)C[C@@H](N)C(=O)Nc1cccc(Br)c1O. The fraction of sp³-hybridized carbons (Fsp3) is 0.417. The average Bonchev–Trinajstić information content (AvgIpc) is 2.23. The van der Waals surface area contributed by atoms with Crippen LogP contribution in [0, 0.1) is 5.92 Å². The second-order valence-electron chi connectivity index (χ2n) is 4.36. The highest BCUT2D eigenvalue weighted by Crippen LogP contribution is 2.31. The van der Waals surface area contributed by atoms with Gasteiger partial charge in [0.25, 0.3) is 0 Å². The first-order chi connectivity index (χ1) is 7.91. The van der Waals surface area contributed by atoms with E-state index in [-0.39, 0.29) is 11.7 Å². The minimum Gasteiger partial charge on any atom is -0.505 e. The Morgan fingerprint density at radius 3 is 2.76 bits per heavy atom. The lowest BCUT2D eigenvalue weighted by Crippen LogP contribution is -2.36. The van der Waals surface area contributed by atoms with Gasteiger partial charge in [-0.2, -0.15) is 0 Å². The fourth-order valence-corrected chi connectivity index (χ4v) is 1.82. The normalized spacial score (nSPS) is 12.5. The van der Waals surface area contributed by atoms with E-state index in [1.807, 2.05) is 13.8 Å². The van der Waals surface area contributed by atoms with Crippen molar-refractivity contribution in [1.82, 2.24) is 0 Å². The number of benzene rings is 1. The summed E-state index contributed by atoms with van der Waals surface area (Å²) in [6, 6.07) is 4.49. The number of rotatable bonds is 4. The van der Waals surface area contributed by atoms with E-state index in [1.54, 1.807) is 18.2 Å². The number of para-hydroxylation sites is 1.